The third kappa shape index (κ3) is 6.14. The van der Waals surface area contributed by atoms with E-state index in [4.69, 9.17) is 40.5 Å². The first-order valence-corrected chi connectivity index (χ1v) is 10.7. The van der Waals surface area contributed by atoms with Gasteiger partial charge in [-0.3, -0.25) is 19.4 Å². The minimum Gasteiger partial charge on any atom is -0.382 e. The summed E-state index contributed by atoms with van der Waals surface area (Å²) in [4.78, 5) is 43.2. The molecular weight excluding hydrogens is 485 g/mol. The number of hydrogen-bond donors (Lipinski definition) is 4. The first kappa shape index (κ1) is 23.0. The molecule has 0 radical (unpaired) electrons. The lowest BCUT2D eigenvalue weighted by Gasteiger charge is -2.09. The molecule has 0 bridgehead atoms. The molecule has 0 saturated heterocycles. The van der Waals surface area contributed by atoms with Crippen LogP contribution in [0.15, 0.2) is 52.4 Å². The van der Waals surface area contributed by atoms with Gasteiger partial charge in [0.05, 0.1) is 15.8 Å². The molecule has 0 fully saturated rings. The Kier molecular flexibility index (Phi) is 7.45. The van der Waals surface area contributed by atoms with Crippen molar-refractivity contribution in [3.05, 3.63) is 73.4 Å². The minimum absolute atomic E-state index is 0.0564. The van der Waals surface area contributed by atoms with Crippen molar-refractivity contribution in [2.45, 2.75) is 5.16 Å². The van der Waals surface area contributed by atoms with Crippen molar-refractivity contribution in [1.29, 1.82) is 0 Å². The lowest BCUT2D eigenvalue weighted by Crippen LogP contribution is -2.23. The Balaban J connectivity index is 1.63. The molecule has 0 atom stereocenters. The van der Waals surface area contributed by atoms with E-state index in [2.05, 4.69) is 20.6 Å². The number of halogens is 3. The van der Waals surface area contributed by atoms with Crippen LogP contribution in [0.1, 0.15) is 10.4 Å². The van der Waals surface area contributed by atoms with Crippen LogP contribution < -0.4 is 21.9 Å². The van der Waals surface area contributed by atoms with Crippen LogP contribution in [0.25, 0.3) is 0 Å². The van der Waals surface area contributed by atoms with Crippen LogP contribution in [0.5, 0.6) is 0 Å². The van der Waals surface area contributed by atoms with Gasteiger partial charge in [-0.2, -0.15) is 0 Å². The standard InChI is InChI=1S/C19H14Cl3N5O3S/c20-10-3-1-9(2-4-10)17(29)25-15-16(23)26-19(27-18(15)30)31-8-14(28)24-11-5-6-12(21)13(22)7-11/h1-7H,8H2,(H,24,28)(H,25,29)(H3,23,26,27,30). The Bertz CT molecular complexity index is 1200. The van der Waals surface area contributed by atoms with Crippen molar-refractivity contribution in [1.82, 2.24) is 9.97 Å². The molecule has 0 saturated carbocycles. The number of nitrogens with two attached hydrogens (primary N) is 1. The molecule has 2 aromatic carbocycles. The zero-order valence-electron chi connectivity index (χ0n) is 15.5. The highest BCUT2D eigenvalue weighted by molar-refractivity contribution is 7.99. The van der Waals surface area contributed by atoms with E-state index in [0.717, 1.165) is 11.8 Å². The number of nitrogens with one attached hydrogen (secondary N) is 3. The molecule has 1 aromatic heterocycles. The van der Waals surface area contributed by atoms with Gasteiger partial charge in [0.25, 0.3) is 11.5 Å². The van der Waals surface area contributed by atoms with Crippen LogP contribution >= 0.6 is 46.6 Å². The second kappa shape index (κ2) is 10.1. The lowest BCUT2D eigenvalue weighted by atomic mass is 10.2. The van der Waals surface area contributed by atoms with E-state index < -0.39 is 11.5 Å². The van der Waals surface area contributed by atoms with Crippen LogP contribution in [0, 0.1) is 0 Å². The third-order valence-electron chi connectivity index (χ3n) is 3.81. The quantitative estimate of drug-likeness (QED) is 0.296. The van der Waals surface area contributed by atoms with Gasteiger partial charge in [-0.05, 0) is 42.5 Å². The average molecular weight is 499 g/mol. The van der Waals surface area contributed by atoms with E-state index in [0.29, 0.717) is 26.3 Å². The van der Waals surface area contributed by atoms with Gasteiger partial charge in [-0.25, -0.2) is 4.98 Å². The minimum atomic E-state index is -0.651. The number of aromatic nitrogens is 2. The average Bonchev–Trinajstić information content (AvgIpc) is 2.72. The molecule has 0 spiro atoms. The maximum atomic E-state index is 12.3. The summed E-state index contributed by atoms with van der Waals surface area (Å²) in [5.74, 6) is -1.14. The van der Waals surface area contributed by atoms with E-state index >= 15 is 0 Å². The van der Waals surface area contributed by atoms with Gasteiger partial charge in [0, 0.05) is 16.3 Å². The number of anilines is 3. The van der Waals surface area contributed by atoms with E-state index in [1.54, 1.807) is 24.3 Å². The first-order chi connectivity index (χ1) is 14.7. The maximum absolute atomic E-state index is 12.3. The Morgan fingerprint density at radius 3 is 2.39 bits per heavy atom. The smallest absolute Gasteiger partial charge is 0.277 e. The zero-order chi connectivity index (χ0) is 22.5. The lowest BCUT2D eigenvalue weighted by molar-refractivity contribution is -0.113. The van der Waals surface area contributed by atoms with Gasteiger partial charge >= 0.3 is 0 Å². The van der Waals surface area contributed by atoms with E-state index in [-0.39, 0.29) is 28.3 Å². The largest absolute Gasteiger partial charge is 0.382 e. The number of aromatic amines is 1. The summed E-state index contributed by atoms with van der Waals surface area (Å²) in [5, 5.41) is 6.34. The van der Waals surface area contributed by atoms with E-state index in [1.165, 1.54) is 18.2 Å². The van der Waals surface area contributed by atoms with Gasteiger partial charge in [-0.15, -0.1) is 0 Å². The van der Waals surface area contributed by atoms with Gasteiger partial charge in [-0.1, -0.05) is 46.6 Å². The van der Waals surface area contributed by atoms with Crippen molar-refractivity contribution < 1.29 is 9.59 Å². The van der Waals surface area contributed by atoms with Gasteiger partial charge in [0.1, 0.15) is 5.69 Å². The molecule has 5 N–H and O–H groups in total. The molecule has 0 aliphatic rings. The topological polar surface area (TPSA) is 130 Å². The third-order valence-corrected chi connectivity index (χ3v) is 5.68. The summed E-state index contributed by atoms with van der Waals surface area (Å²) in [6.45, 7) is 0. The Morgan fingerprint density at radius 1 is 1.03 bits per heavy atom. The highest BCUT2D eigenvalue weighted by Crippen LogP contribution is 2.25. The fourth-order valence-corrected chi connectivity index (χ4v) is 3.44. The number of amides is 2. The first-order valence-electron chi connectivity index (χ1n) is 8.57. The second-order valence-electron chi connectivity index (χ2n) is 6.06. The van der Waals surface area contributed by atoms with Crippen molar-refractivity contribution in [2.75, 3.05) is 22.1 Å². The Morgan fingerprint density at radius 2 is 1.74 bits per heavy atom. The maximum Gasteiger partial charge on any atom is 0.277 e. The molecule has 31 heavy (non-hydrogen) atoms. The number of rotatable bonds is 6. The molecule has 3 aromatic rings. The monoisotopic (exact) mass is 497 g/mol. The van der Waals surface area contributed by atoms with Crippen molar-refractivity contribution in [3.63, 3.8) is 0 Å². The number of benzene rings is 2. The molecule has 0 aliphatic carbocycles. The number of hydrogen-bond acceptors (Lipinski definition) is 6. The van der Waals surface area contributed by atoms with Crippen molar-refractivity contribution >= 4 is 75.6 Å². The SMILES string of the molecule is Nc1nc(SCC(=O)Nc2ccc(Cl)c(Cl)c2)[nH]c(=O)c1NC(=O)c1ccc(Cl)cc1. The molecule has 1 heterocycles. The highest BCUT2D eigenvalue weighted by atomic mass is 35.5. The normalized spacial score (nSPS) is 10.5. The van der Waals surface area contributed by atoms with E-state index in [9.17, 15) is 14.4 Å². The summed E-state index contributed by atoms with van der Waals surface area (Å²) in [5.41, 5.74) is 5.75. The Hall–Kier alpha value is -2.72. The number of thioether (sulfide) groups is 1. The molecule has 160 valence electrons. The van der Waals surface area contributed by atoms with Gasteiger partial charge < -0.3 is 16.4 Å². The number of nitrogen functional groups attached to an aromatic ring is 1. The number of nitrogens with zero attached hydrogens (tertiary/aromatic N) is 1. The van der Waals surface area contributed by atoms with Gasteiger partial charge in [0.15, 0.2) is 11.0 Å². The zero-order valence-corrected chi connectivity index (χ0v) is 18.6. The van der Waals surface area contributed by atoms with Crippen molar-refractivity contribution in [2.24, 2.45) is 0 Å². The molecule has 2 amide bonds. The predicted octanol–water partition coefficient (Wildman–Crippen LogP) is 4.30. The number of H-pyrrole nitrogens is 1. The molecule has 3 rings (SSSR count). The molecular formula is C19H14Cl3N5O3S. The van der Waals surface area contributed by atoms with Crippen molar-refractivity contribution in [3.8, 4) is 0 Å². The second-order valence-corrected chi connectivity index (χ2v) is 8.27. The van der Waals surface area contributed by atoms with E-state index in [1.807, 2.05) is 0 Å². The summed E-state index contributed by atoms with van der Waals surface area (Å²) in [7, 11) is 0. The highest BCUT2D eigenvalue weighted by Gasteiger charge is 2.15. The molecule has 0 aliphatic heterocycles. The number of carbonyl (C=O) groups is 2. The summed E-state index contributed by atoms with van der Waals surface area (Å²) in [6, 6.07) is 10.8. The summed E-state index contributed by atoms with van der Waals surface area (Å²) in [6.07, 6.45) is 0. The fraction of sp³-hybridized carbons (Fsp3) is 0.0526. The number of carbonyl (C=O) groups excluding carboxylic acids is 2. The summed E-state index contributed by atoms with van der Waals surface area (Å²) < 4.78 is 0. The van der Waals surface area contributed by atoms with Crippen LogP contribution in [-0.2, 0) is 4.79 Å². The molecule has 12 heteroatoms. The summed E-state index contributed by atoms with van der Waals surface area (Å²) >= 11 is 18.5. The Labute approximate surface area is 195 Å². The predicted molar refractivity (Wildman–Crippen MR) is 124 cm³/mol. The molecule has 8 nitrogen and oxygen atoms in total. The van der Waals surface area contributed by atoms with Crippen LogP contribution in [0.2, 0.25) is 15.1 Å². The van der Waals surface area contributed by atoms with Crippen LogP contribution in [0.3, 0.4) is 0 Å². The van der Waals surface area contributed by atoms with Crippen LogP contribution in [-0.4, -0.2) is 27.5 Å². The van der Waals surface area contributed by atoms with Crippen LogP contribution in [0.4, 0.5) is 17.2 Å². The fourth-order valence-electron chi connectivity index (χ4n) is 2.35. The van der Waals surface area contributed by atoms with Gasteiger partial charge in [0.2, 0.25) is 5.91 Å². The molecule has 0 unspecified atom stereocenters.